The first-order chi connectivity index (χ1) is 14.3. The zero-order valence-electron chi connectivity index (χ0n) is 16.5. The summed E-state index contributed by atoms with van der Waals surface area (Å²) in [6.45, 7) is 1.90. The van der Waals surface area contributed by atoms with Gasteiger partial charge in [-0.05, 0) is 43.3 Å². The van der Waals surface area contributed by atoms with Crippen molar-refractivity contribution in [3.8, 4) is 11.9 Å². The third-order valence-corrected chi connectivity index (χ3v) is 5.39. The minimum absolute atomic E-state index is 0.00414. The number of nitrogens with one attached hydrogen (secondary N) is 2. The van der Waals surface area contributed by atoms with Crippen molar-refractivity contribution in [1.82, 2.24) is 9.97 Å². The number of benzene rings is 2. The lowest BCUT2D eigenvalue weighted by Gasteiger charge is -2.10. The highest BCUT2D eigenvalue weighted by molar-refractivity contribution is 7.92. The van der Waals surface area contributed by atoms with Crippen LogP contribution in [0.25, 0.3) is 0 Å². The summed E-state index contributed by atoms with van der Waals surface area (Å²) in [5.74, 6) is -0.142. The normalized spacial score (nSPS) is 10.9. The van der Waals surface area contributed by atoms with E-state index in [1.807, 2.05) is 13.0 Å². The van der Waals surface area contributed by atoms with Gasteiger partial charge >= 0.3 is 6.01 Å². The van der Waals surface area contributed by atoms with Crippen LogP contribution < -0.4 is 19.5 Å². The van der Waals surface area contributed by atoms with Crippen molar-refractivity contribution in [2.24, 2.45) is 0 Å². The molecule has 2 N–H and O–H groups in total. The monoisotopic (exact) mass is 428 g/mol. The van der Waals surface area contributed by atoms with Gasteiger partial charge in [-0.1, -0.05) is 17.7 Å². The van der Waals surface area contributed by atoms with E-state index in [4.69, 9.17) is 9.47 Å². The first-order valence-electron chi connectivity index (χ1n) is 8.78. The summed E-state index contributed by atoms with van der Waals surface area (Å²) >= 11 is 0. The summed E-state index contributed by atoms with van der Waals surface area (Å²) in [4.78, 5) is 20.2. The molecular weight excluding hydrogens is 408 g/mol. The van der Waals surface area contributed by atoms with Gasteiger partial charge < -0.3 is 14.8 Å². The first-order valence-corrected chi connectivity index (χ1v) is 10.3. The number of methoxy groups -OCH3 is 2. The summed E-state index contributed by atoms with van der Waals surface area (Å²) < 4.78 is 37.6. The van der Waals surface area contributed by atoms with Gasteiger partial charge in [-0.2, -0.15) is 9.97 Å². The van der Waals surface area contributed by atoms with Gasteiger partial charge in [-0.3, -0.25) is 9.52 Å². The highest BCUT2D eigenvalue weighted by Gasteiger charge is 2.17. The molecule has 0 atom stereocenters. The summed E-state index contributed by atoms with van der Waals surface area (Å²) in [5, 5.41) is 2.74. The maximum absolute atomic E-state index is 12.7. The Hall–Kier alpha value is -3.66. The molecule has 1 heterocycles. The molecule has 0 aliphatic carbocycles. The molecular formula is C20H20N4O5S. The summed E-state index contributed by atoms with van der Waals surface area (Å²) in [6, 6.07) is 14.2. The second-order valence-corrected chi connectivity index (χ2v) is 7.92. The Labute approximate surface area is 174 Å². The molecule has 0 aliphatic rings. The van der Waals surface area contributed by atoms with Crippen LogP contribution in [0.5, 0.6) is 11.9 Å². The maximum atomic E-state index is 12.7. The summed E-state index contributed by atoms with van der Waals surface area (Å²) in [7, 11) is -1.18. The molecule has 0 saturated carbocycles. The van der Waals surface area contributed by atoms with E-state index in [-0.39, 0.29) is 28.5 Å². The number of rotatable bonds is 7. The SMILES string of the molecule is COc1cc(NS(=O)(=O)c2ccc(NC(=O)c3cccc(C)c3)cc2)nc(OC)n1. The lowest BCUT2D eigenvalue weighted by molar-refractivity contribution is 0.102. The van der Waals surface area contributed by atoms with Gasteiger partial charge in [0.05, 0.1) is 19.1 Å². The molecule has 0 aliphatic heterocycles. The van der Waals surface area contributed by atoms with Crippen molar-refractivity contribution >= 4 is 27.4 Å². The van der Waals surface area contributed by atoms with E-state index in [2.05, 4.69) is 20.0 Å². The number of sulfonamides is 1. The average molecular weight is 428 g/mol. The van der Waals surface area contributed by atoms with E-state index in [9.17, 15) is 13.2 Å². The van der Waals surface area contributed by atoms with E-state index in [1.165, 1.54) is 44.6 Å². The zero-order valence-corrected chi connectivity index (χ0v) is 17.4. The zero-order chi connectivity index (χ0) is 21.7. The number of hydrogen-bond donors (Lipinski definition) is 2. The van der Waals surface area contributed by atoms with Gasteiger partial charge in [0, 0.05) is 17.3 Å². The van der Waals surface area contributed by atoms with Crippen molar-refractivity contribution in [1.29, 1.82) is 0 Å². The molecule has 0 saturated heterocycles. The minimum Gasteiger partial charge on any atom is -0.481 e. The Bertz CT molecular complexity index is 1140. The molecule has 0 unspecified atom stereocenters. The minimum atomic E-state index is -3.93. The Morgan fingerprint density at radius 3 is 2.33 bits per heavy atom. The van der Waals surface area contributed by atoms with Crippen LogP contribution in [0.1, 0.15) is 15.9 Å². The third-order valence-electron chi connectivity index (χ3n) is 4.02. The fourth-order valence-electron chi connectivity index (χ4n) is 2.56. The Balaban J connectivity index is 1.75. The molecule has 10 heteroatoms. The largest absolute Gasteiger partial charge is 0.481 e. The van der Waals surface area contributed by atoms with Crippen LogP contribution >= 0.6 is 0 Å². The first kappa shape index (κ1) is 21.1. The third kappa shape index (κ3) is 5.03. The summed E-state index contributed by atoms with van der Waals surface area (Å²) in [6.07, 6.45) is 0. The van der Waals surface area contributed by atoms with Crippen LogP contribution in [0, 0.1) is 6.92 Å². The van der Waals surface area contributed by atoms with Crippen LogP contribution in [0.3, 0.4) is 0 Å². The second kappa shape index (κ2) is 8.78. The van der Waals surface area contributed by atoms with Crippen molar-refractivity contribution < 1.29 is 22.7 Å². The van der Waals surface area contributed by atoms with Gasteiger partial charge in [-0.25, -0.2) is 8.42 Å². The molecule has 3 aromatic rings. The standard InChI is InChI=1S/C20H20N4O5S/c1-13-5-4-6-14(11-13)19(25)21-15-7-9-16(10-8-15)30(26,27)24-17-12-18(28-2)23-20(22-17)29-3/h4-12H,1-3H3,(H,21,25)(H,22,23,24). The molecule has 156 valence electrons. The molecule has 30 heavy (non-hydrogen) atoms. The van der Waals surface area contributed by atoms with Gasteiger partial charge in [0.1, 0.15) is 0 Å². The van der Waals surface area contributed by atoms with Crippen LogP contribution in [-0.4, -0.2) is 38.5 Å². The quantitative estimate of drug-likeness (QED) is 0.594. The van der Waals surface area contributed by atoms with Crippen molar-refractivity contribution in [2.75, 3.05) is 24.3 Å². The number of nitrogens with zero attached hydrogens (tertiary/aromatic N) is 2. The Morgan fingerprint density at radius 2 is 1.70 bits per heavy atom. The van der Waals surface area contributed by atoms with E-state index in [0.29, 0.717) is 11.3 Å². The number of aryl methyl sites for hydroxylation is 1. The van der Waals surface area contributed by atoms with Crippen LogP contribution in [-0.2, 0) is 10.0 Å². The highest BCUT2D eigenvalue weighted by Crippen LogP contribution is 2.21. The smallest absolute Gasteiger partial charge is 0.321 e. The number of amides is 1. The predicted molar refractivity (Wildman–Crippen MR) is 112 cm³/mol. The van der Waals surface area contributed by atoms with Gasteiger partial charge in [0.2, 0.25) is 5.88 Å². The van der Waals surface area contributed by atoms with E-state index < -0.39 is 10.0 Å². The Morgan fingerprint density at radius 1 is 0.967 bits per heavy atom. The highest BCUT2D eigenvalue weighted by atomic mass is 32.2. The molecule has 0 bridgehead atoms. The fraction of sp³-hybridized carbons (Fsp3) is 0.150. The molecule has 9 nitrogen and oxygen atoms in total. The van der Waals surface area contributed by atoms with E-state index in [0.717, 1.165) is 5.56 Å². The lowest BCUT2D eigenvalue weighted by Crippen LogP contribution is -2.15. The number of aromatic nitrogens is 2. The number of carbonyl (C=O) groups excluding carboxylic acids is 1. The number of anilines is 2. The Kier molecular flexibility index (Phi) is 6.17. The van der Waals surface area contributed by atoms with Crippen LogP contribution in [0.15, 0.2) is 59.5 Å². The number of ether oxygens (including phenoxy) is 2. The number of hydrogen-bond acceptors (Lipinski definition) is 7. The van der Waals surface area contributed by atoms with Gasteiger partial charge in [0.15, 0.2) is 5.82 Å². The number of carbonyl (C=O) groups is 1. The molecule has 0 fully saturated rings. The lowest BCUT2D eigenvalue weighted by atomic mass is 10.1. The molecule has 0 radical (unpaired) electrons. The average Bonchev–Trinajstić information content (AvgIpc) is 2.73. The van der Waals surface area contributed by atoms with Crippen LogP contribution in [0.2, 0.25) is 0 Å². The molecule has 1 amide bonds. The van der Waals surface area contributed by atoms with Gasteiger partial charge in [-0.15, -0.1) is 0 Å². The molecule has 2 aromatic carbocycles. The van der Waals surface area contributed by atoms with E-state index in [1.54, 1.807) is 18.2 Å². The molecule has 3 rings (SSSR count). The van der Waals surface area contributed by atoms with Crippen molar-refractivity contribution in [3.63, 3.8) is 0 Å². The summed E-state index contributed by atoms with van der Waals surface area (Å²) in [5.41, 5.74) is 1.94. The fourth-order valence-corrected chi connectivity index (χ4v) is 3.55. The van der Waals surface area contributed by atoms with Crippen molar-refractivity contribution in [3.05, 3.63) is 65.7 Å². The predicted octanol–water partition coefficient (Wildman–Crippen LogP) is 2.86. The second-order valence-electron chi connectivity index (χ2n) is 6.24. The topological polar surface area (TPSA) is 120 Å². The van der Waals surface area contributed by atoms with Gasteiger partial charge in [0.25, 0.3) is 15.9 Å². The van der Waals surface area contributed by atoms with Crippen LogP contribution in [0.4, 0.5) is 11.5 Å². The molecule has 1 aromatic heterocycles. The maximum Gasteiger partial charge on any atom is 0.321 e. The van der Waals surface area contributed by atoms with Crippen molar-refractivity contribution in [2.45, 2.75) is 11.8 Å². The van der Waals surface area contributed by atoms with E-state index >= 15 is 0 Å². The molecule has 0 spiro atoms.